The van der Waals surface area contributed by atoms with Gasteiger partial charge < -0.3 is 11.5 Å². The van der Waals surface area contributed by atoms with Crippen LogP contribution in [0.25, 0.3) is 0 Å². The first kappa shape index (κ1) is 10.1. The van der Waals surface area contributed by atoms with E-state index in [2.05, 4.69) is 4.98 Å². The Kier molecular flexibility index (Phi) is 3.00. The van der Waals surface area contributed by atoms with Crippen LogP contribution in [0.3, 0.4) is 0 Å². The van der Waals surface area contributed by atoms with Crippen molar-refractivity contribution in [1.82, 2.24) is 4.98 Å². The lowest BCUT2D eigenvalue weighted by Gasteiger charge is -2.09. The summed E-state index contributed by atoms with van der Waals surface area (Å²) in [7, 11) is 0. The number of alkyl halides is 2. The van der Waals surface area contributed by atoms with E-state index in [1.165, 1.54) is 6.20 Å². The van der Waals surface area contributed by atoms with E-state index in [-0.39, 0.29) is 17.4 Å². The number of rotatable bonds is 2. The zero-order valence-electron chi connectivity index (χ0n) is 6.60. The Balaban J connectivity index is 3.30. The molecule has 3 nitrogen and oxygen atoms in total. The van der Waals surface area contributed by atoms with Crippen LogP contribution >= 0.6 is 11.6 Å². The Bertz CT molecular complexity index is 317. The number of halogens is 3. The minimum absolute atomic E-state index is 0.0652. The van der Waals surface area contributed by atoms with Gasteiger partial charge in [0.05, 0.1) is 5.56 Å². The van der Waals surface area contributed by atoms with Crippen molar-refractivity contribution in [1.29, 1.82) is 0 Å². The van der Waals surface area contributed by atoms with Gasteiger partial charge in [-0.25, -0.2) is 13.8 Å². The third kappa shape index (κ3) is 1.87. The van der Waals surface area contributed by atoms with E-state index >= 15 is 0 Å². The molecule has 6 heteroatoms. The summed E-state index contributed by atoms with van der Waals surface area (Å²) in [5, 5.41) is -0.273. The topological polar surface area (TPSA) is 64.9 Å². The molecular weight excluding hydrogens is 200 g/mol. The van der Waals surface area contributed by atoms with Crippen LogP contribution in [0.15, 0.2) is 6.20 Å². The summed E-state index contributed by atoms with van der Waals surface area (Å²) in [6, 6.07) is 0. The third-order valence-corrected chi connectivity index (χ3v) is 1.93. The normalized spacial score (nSPS) is 10.8. The molecule has 0 spiro atoms. The molecule has 0 saturated carbocycles. The highest BCUT2D eigenvalue weighted by Crippen LogP contribution is 2.32. The summed E-state index contributed by atoms with van der Waals surface area (Å²) < 4.78 is 24.7. The molecule has 0 fully saturated rings. The maximum Gasteiger partial charge on any atom is 0.268 e. The zero-order chi connectivity index (χ0) is 10.0. The van der Waals surface area contributed by atoms with Crippen LogP contribution in [0.5, 0.6) is 0 Å². The van der Waals surface area contributed by atoms with Crippen LogP contribution < -0.4 is 11.5 Å². The van der Waals surface area contributed by atoms with E-state index in [0.29, 0.717) is 5.56 Å². The highest BCUT2D eigenvalue weighted by molar-refractivity contribution is 6.30. The van der Waals surface area contributed by atoms with Gasteiger partial charge in [0.2, 0.25) is 0 Å². The molecule has 0 aliphatic heterocycles. The van der Waals surface area contributed by atoms with E-state index in [1.54, 1.807) is 0 Å². The summed E-state index contributed by atoms with van der Waals surface area (Å²) in [5.41, 5.74) is 10.5. The standard InChI is InChI=1S/C7H8ClF2N3/c8-6-4(7(9)10)5(12)3(1-11)2-13-6/h2,7H,1,11H2,(H2,12,13). The van der Waals surface area contributed by atoms with E-state index in [0.717, 1.165) is 0 Å². The number of hydrogen-bond donors (Lipinski definition) is 2. The van der Waals surface area contributed by atoms with E-state index in [4.69, 9.17) is 23.1 Å². The minimum atomic E-state index is -2.73. The van der Waals surface area contributed by atoms with Crippen molar-refractivity contribution in [3.8, 4) is 0 Å². The number of pyridine rings is 1. The number of hydrogen-bond acceptors (Lipinski definition) is 3. The third-order valence-electron chi connectivity index (χ3n) is 1.63. The molecular formula is C7H8ClF2N3. The van der Waals surface area contributed by atoms with Crippen LogP contribution in [0.1, 0.15) is 17.6 Å². The van der Waals surface area contributed by atoms with Crippen LogP contribution in [0, 0.1) is 0 Å². The van der Waals surface area contributed by atoms with Gasteiger partial charge in [0.1, 0.15) is 5.15 Å². The number of anilines is 1. The van der Waals surface area contributed by atoms with Gasteiger partial charge in [0, 0.05) is 24.0 Å². The summed E-state index contributed by atoms with van der Waals surface area (Å²) in [5.74, 6) is 0. The monoisotopic (exact) mass is 207 g/mol. The molecule has 1 aromatic heterocycles. The van der Waals surface area contributed by atoms with Gasteiger partial charge in [0.25, 0.3) is 6.43 Å². The Morgan fingerprint density at radius 3 is 2.62 bits per heavy atom. The van der Waals surface area contributed by atoms with Crippen molar-refractivity contribution in [2.75, 3.05) is 5.73 Å². The number of nitrogen functional groups attached to an aromatic ring is 1. The fraction of sp³-hybridized carbons (Fsp3) is 0.286. The van der Waals surface area contributed by atoms with Gasteiger partial charge in [-0.3, -0.25) is 0 Å². The molecule has 1 rings (SSSR count). The lowest BCUT2D eigenvalue weighted by molar-refractivity contribution is 0.152. The second-order valence-electron chi connectivity index (χ2n) is 2.41. The predicted molar refractivity (Wildman–Crippen MR) is 46.5 cm³/mol. The van der Waals surface area contributed by atoms with Gasteiger partial charge in [-0.15, -0.1) is 0 Å². The average molecular weight is 208 g/mol. The zero-order valence-corrected chi connectivity index (χ0v) is 7.35. The highest BCUT2D eigenvalue weighted by atomic mass is 35.5. The molecule has 0 saturated heterocycles. The molecule has 0 aromatic carbocycles. The Labute approximate surface area is 78.7 Å². The molecule has 13 heavy (non-hydrogen) atoms. The predicted octanol–water partition coefficient (Wildman–Crippen LogP) is 1.71. The first-order chi connectivity index (χ1) is 6.07. The molecule has 0 atom stereocenters. The van der Waals surface area contributed by atoms with Crippen LogP contribution in [-0.2, 0) is 6.54 Å². The first-order valence-electron chi connectivity index (χ1n) is 3.49. The van der Waals surface area contributed by atoms with Gasteiger partial charge in [-0.05, 0) is 0 Å². The smallest absolute Gasteiger partial charge is 0.268 e. The molecule has 0 aliphatic rings. The fourth-order valence-electron chi connectivity index (χ4n) is 0.928. The summed E-state index contributed by atoms with van der Waals surface area (Å²) in [4.78, 5) is 3.56. The lowest BCUT2D eigenvalue weighted by atomic mass is 10.1. The second kappa shape index (κ2) is 3.85. The van der Waals surface area contributed by atoms with E-state index in [1.807, 2.05) is 0 Å². The molecule has 0 aliphatic carbocycles. The SMILES string of the molecule is NCc1cnc(Cl)c(C(F)F)c1N. The molecule has 72 valence electrons. The molecule has 0 bridgehead atoms. The highest BCUT2D eigenvalue weighted by Gasteiger charge is 2.18. The van der Waals surface area contributed by atoms with Crippen molar-refractivity contribution in [3.63, 3.8) is 0 Å². The lowest BCUT2D eigenvalue weighted by Crippen LogP contribution is -2.06. The van der Waals surface area contributed by atoms with E-state index < -0.39 is 12.0 Å². The maximum atomic E-state index is 12.4. The Hall–Kier alpha value is -0.940. The van der Waals surface area contributed by atoms with Gasteiger partial charge in [-0.1, -0.05) is 11.6 Å². The molecule has 0 radical (unpaired) electrons. The van der Waals surface area contributed by atoms with Gasteiger partial charge >= 0.3 is 0 Å². The second-order valence-corrected chi connectivity index (χ2v) is 2.76. The Morgan fingerprint density at radius 2 is 2.15 bits per heavy atom. The quantitative estimate of drug-likeness (QED) is 0.726. The molecule has 0 amide bonds. The van der Waals surface area contributed by atoms with Crippen molar-refractivity contribution >= 4 is 17.3 Å². The molecule has 1 heterocycles. The fourth-order valence-corrected chi connectivity index (χ4v) is 1.16. The summed E-state index contributed by atoms with van der Waals surface area (Å²) in [6.45, 7) is 0.0652. The van der Waals surface area contributed by atoms with Crippen molar-refractivity contribution < 1.29 is 8.78 Å². The van der Waals surface area contributed by atoms with Gasteiger partial charge in [0.15, 0.2) is 0 Å². The van der Waals surface area contributed by atoms with Crippen molar-refractivity contribution in [3.05, 3.63) is 22.5 Å². The summed E-state index contributed by atoms with van der Waals surface area (Å²) >= 11 is 5.44. The van der Waals surface area contributed by atoms with Crippen LogP contribution in [-0.4, -0.2) is 4.98 Å². The number of nitrogens with zero attached hydrogens (tertiary/aromatic N) is 1. The average Bonchev–Trinajstić information content (AvgIpc) is 2.04. The van der Waals surface area contributed by atoms with Gasteiger partial charge in [-0.2, -0.15) is 0 Å². The molecule has 0 unspecified atom stereocenters. The van der Waals surface area contributed by atoms with Crippen LogP contribution in [0.2, 0.25) is 5.15 Å². The number of nitrogens with two attached hydrogens (primary N) is 2. The first-order valence-corrected chi connectivity index (χ1v) is 3.86. The van der Waals surface area contributed by atoms with Crippen LogP contribution in [0.4, 0.5) is 14.5 Å². The van der Waals surface area contributed by atoms with E-state index in [9.17, 15) is 8.78 Å². The maximum absolute atomic E-state index is 12.4. The minimum Gasteiger partial charge on any atom is -0.398 e. The Morgan fingerprint density at radius 1 is 1.54 bits per heavy atom. The largest absolute Gasteiger partial charge is 0.398 e. The molecule has 1 aromatic rings. The number of aromatic nitrogens is 1. The summed E-state index contributed by atoms with van der Waals surface area (Å²) in [6.07, 6.45) is -1.43. The molecule has 4 N–H and O–H groups in total. The van der Waals surface area contributed by atoms with Crippen molar-refractivity contribution in [2.24, 2.45) is 5.73 Å². The van der Waals surface area contributed by atoms with Crippen molar-refractivity contribution in [2.45, 2.75) is 13.0 Å².